The molecule has 186 valence electrons. The van der Waals surface area contributed by atoms with E-state index in [2.05, 4.69) is 43.9 Å². The Morgan fingerprint density at radius 1 is 1.11 bits per heavy atom. The zero-order valence-electron chi connectivity index (χ0n) is 19.8. The van der Waals surface area contributed by atoms with Gasteiger partial charge in [-0.15, -0.1) is 0 Å². The second-order valence-electron chi connectivity index (χ2n) is 8.06. The normalized spacial score (nSPS) is 11.4. The van der Waals surface area contributed by atoms with E-state index in [4.69, 9.17) is 26.1 Å². The summed E-state index contributed by atoms with van der Waals surface area (Å²) in [7, 11) is 1.57. The highest BCUT2D eigenvalue weighted by Gasteiger charge is 2.15. The standard InChI is InChI=1S/C27H24Br2ClN3O3/c1-3-4-9-25-32-23-11-10-19(28)13-21(23)27(34)33(25)31-15-18-12-20(29)14-24(35-2)26(18)36-16-17-7-5-6-8-22(17)30/h5-8,10-15H,3-4,9,16H2,1-2H3. The number of benzene rings is 3. The van der Waals surface area contributed by atoms with Crippen LogP contribution in [0.2, 0.25) is 5.02 Å². The molecule has 0 radical (unpaired) electrons. The van der Waals surface area contributed by atoms with Crippen LogP contribution in [0.3, 0.4) is 0 Å². The highest BCUT2D eigenvalue weighted by Crippen LogP contribution is 2.35. The van der Waals surface area contributed by atoms with Crippen molar-refractivity contribution in [3.05, 3.63) is 95.9 Å². The molecule has 0 N–H and O–H groups in total. The topological polar surface area (TPSA) is 65.7 Å². The molecule has 0 spiro atoms. The van der Waals surface area contributed by atoms with E-state index in [-0.39, 0.29) is 12.2 Å². The van der Waals surface area contributed by atoms with Gasteiger partial charge in [0, 0.05) is 31.5 Å². The minimum atomic E-state index is -0.232. The lowest BCUT2D eigenvalue weighted by Gasteiger charge is -2.15. The number of halogens is 3. The minimum Gasteiger partial charge on any atom is -0.493 e. The van der Waals surface area contributed by atoms with E-state index in [1.54, 1.807) is 19.4 Å². The molecule has 4 rings (SSSR count). The van der Waals surface area contributed by atoms with Crippen molar-refractivity contribution in [3.63, 3.8) is 0 Å². The Morgan fingerprint density at radius 2 is 1.92 bits per heavy atom. The Balaban J connectivity index is 1.78. The van der Waals surface area contributed by atoms with E-state index >= 15 is 0 Å². The summed E-state index contributed by atoms with van der Waals surface area (Å²) in [6.45, 7) is 2.34. The molecule has 1 heterocycles. The number of aromatic nitrogens is 2. The molecule has 0 saturated carbocycles. The van der Waals surface area contributed by atoms with E-state index in [9.17, 15) is 4.79 Å². The molecule has 9 heteroatoms. The van der Waals surface area contributed by atoms with Crippen LogP contribution in [0.25, 0.3) is 10.9 Å². The predicted octanol–water partition coefficient (Wildman–Crippen LogP) is 7.39. The number of rotatable bonds is 9. The zero-order valence-corrected chi connectivity index (χ0v) is 23.7. The SMILES string of the molecule is CCCCc1nc2ccc(Br)cc2c(=O)n1N=Cc1cc(Br)cc(OC)c1OCc1ccccc1Cl. The van der Waals surface area contributed by atoms with Gasteiger partial charge in [-0.2, -0.15) is 9.78 Å². The molecule has 3 aromatic carbocycles. The number of methoxy groups -OCH3 is 1. The summed E-state index contributed by atoms with van der Waals surface area (Å²) in [5.41, 5.74) is 1.89. The van der Waals surface area contributed by atoms with Gasteiger partial charge in [-0.3, -0.25) is 4.79 Å². The summed E-state index contributed by atoms with van der Waals surface area (Å²) in [4.78, 5) is 18.2. The van der Waals surface area contributed by atoms with Gasteiger partial charge in [0.1, 0.15) is 12.4 Å². The van der Waals surface area contributed by atoms with Crippen LogP contribution in [0.5, 0.6) is 11.5 Å². The summed E-state index contributed by atoms with van der Waals surface area (Å²) in [6, 6.07) is 16.6. The lowest BCUT2D eigenvalue weighted by atomic mass is 10.2. The average Bonchev–Trinajstić information content (AvgIpc) is 2.87. The summed E-state index contributed by atoms with van der Waals surface area (Å²) in [5, 5.41) is 5.68. The maximum Gasteiger partial charge on any atom is 0.282 e. The fraction of sp³-hybridized carbons (Fsp3) is 0.222. The molecule has 0 amide bonds. The van der Waals surface area contributed by atoms with E-state index in [0.29, 0.717) is 45.2 Å². The number of ether oxygens (including phenoxy) is 2. The van der Waals surface area contributed by atoms with Crippen LogP contribution in [0, 0.1) is 0 Å². The first-order valence-electron chi connectivity index (χ1n) is 11.4. The molecule has 0 bridgehead atoms. The Labute approximate surface area is 231 Å². The zero-order chi connectivity index (χ0) is 25.7. The lowest BCUT2D eigenvalue weighted by Crippen LogP contribution is -2.22. The second-order valence-corrected chi connectivity index (χ2v) is 10.3. The van der Waals surface area contributed by atoms with Crippen molar-refractivity contribution in [2.45, 2.75) is 32.8 Å². The van der Waals surface area contributed by atoms with Crippen LogP contribution >= 0.6 is 43.5 Å². The molecule has 6 nitrogen and oxygen atoms in total. The van der Waals surface area contributed by atoms with Crippen molar-refractivity contribution in [2.75, 3.05) is 7.11 Å². The summed E-state index contributed by atoms with van der Waals surface area (Å²) in [6.07, 6.45) is 4.09. The largest absolute Gasteiger partial charge is 0.493 e. The molecule has 36 heavy (non-hydrogen) atoms. The predicted molar refractivity (Wildman–Crippen MR) is 152 cm³/mol. The molecule has 0 aliphatic carbocycles. The Kier molecular flexibility index (Phi) is 8.82. The van der Waals surface area contributed by atoms with Crippen molar-refractivity contribution in [3.8, 4) is 11.5 Å². The van der Waals surface area contributed by atoms with Crippen molar-refractivity contribution < 1.29 is 9.47 Å². The van der Waals surface area contributed by atoms with Crippen molar-refractivity contribution in [1.29, 1.82) is 0 Å². The van der Waals surface area contributed by atoms with Gasteiger partial charge in [-0.05, 0) is 42.8 Å². The van der Waals surface area contributed by atoms with Crippen LogP contribution in [-0.4, -0.2) is 23.0 Å². The molecule has 0 atom stereocenters. The fourth-order valence-electron chi connectivity index (χ4n) is 3.69. The van der Waals surface area contributed by atoms with Crippen LogP contribution < -0.4 is 15.0 Å². The molecular weight excluding hydrogens is 610 g/mol. The van der Waals surface area contributed by atoms with Crippen molar-refractivity contribution >= 4 is 60.6 Å². The van der Waals surface area contributed by atoms with Gasteiger partial charge < -0.3 is 9.47 Å². The van der Waals surface area contributed by atoms with E-state index in [1.807, 2.05) is 48.5 Å². The Morgan fingerprint density at radius 3 is 2.67 bits per heavy atom. The average molecular weight is 634 g/mol. The van der Waals surface area contributed by atoms with E-state index < -0.39 is 0 Å². The minimum absolute atomic E-state index is 0.232. The smallest absolute Gasteiger partial charge is 0.282 e. The Hall–Kier alpha value is -2.68. The van der Waals surface area contributed by atoms with Gasteiger partial charge in [0.05, 0.1) is 24.2 Å². The number of hydrogen-bond acceptors (Lipinski definition) is 5. The number of unbranched alkanes of at least 4 members (excludes halogenated alkanes) is 1. The number of aryl methyl sites for hydroxylation is 1. The molecule has 0 aliphatic heterocycles. The third-order valence-corrected chi connectivity index (χ3v) is 6.86. The number of hydrogen-bond donors (Lipinski definition) is 0. The van der Waals surface area contributed by atoms with Crippen LogP contribution in [0.15, 0.2) is 73.4 Å². The summed E-state index contributed by atoms with van der Waals surface area (Å²) in [5.74, 6) is 1.62. The highest BCUT2D eigenvalue weighted by atomic mass is 79.9. The quantitative estimate of drug-likeness (QED) is 0.180. The molecule has 0 aliphatic rings. The third-order valence-electron chi connectivity index (χ3n) is 5.54. The molecule has 0 fully saturated rings. The van der Waals surface area contributed by atoms with Gasteiger partial charge >= 0.3 is 0 Å². The van der Waals surface area contributed by atoms with E-state index in [1.165, 1.54) is 4.68 Å². The molecule has 0 saturated heterocycles. The molecular formula is C27H24Br2ClN3O3. The van der Waals surface area contributed by atoms with Crippen molar-refractivity contribution in [2.24, 2.45) is 5.10 Å². The van der Waals surface area contributed by atoms with Gasteiger partial charge in [0.15, 0.2) is 11.5 Å². The first kappa shape index (κ1) is 26.4. The molecule has 4 aromatic rings. The maximum absolute atomic E-state index is 13.4. The molecule has 0 unspecified atom stereocenters. The van der Waals surface area contributed by atoms with Crippen LogP contribution in [-0.2, 0) is 13.0 Å². The lowest BCUT2D eigenvalue weighted by molar-refractivity contribution is 0.284. The first-order valence-corrected chi connectivity index (χ1v) is 13.4. The van der Waals surface area contributed by atoms with Crippen LogP contribution in [0.4, 0.5) is 0 Å². The summed E-state index contributed by atoms with van der Waals surface area (Å²) >= 11 is 13.3. The van der Waals surface area contributed by atoms with Gasteiger partial charge in [0.25, 0.3) is 5.56 Å². The van der Waals surface area contributed by atoms with Gasteiger partial charge in [-0.1, -0.05) is 75.0 Å². The highest BCUT2D eigenvalue weighted by molar-refractivity contribution is 9.10. The summed E-state index contributed by atoms with van der Waals surface area (Å²) < 4.78 is 14.7. The van der Waals surface area contributed by atoms with Crippen LogP contribution in [0.1, 0.15) is 36.7 Å². The van der Waals surface area contributed by atoms with Gasteiger partial charge in [0.2, 0.25) is 0 Å². The third kappa shape index (κ3) is 5.99. The van der Waals surface area contributed by atoms with E-state index in [0.717, 1.165) is 27.4 Å². The molecule has 1 aromatic heterocycles. The number of fused-ring (bicyclic) bond motifs is 1. The fourth-order valence-corrected chi connectivity index (χ4v) is 4.69. The first-order chi connectivity index (χ1) is 17.4. The van der Waals surface area contributed by atoms with Gasteiger partial charge in [-0.25, -0.2) is 4.98 Å². The maximum atomic E-state index is 13.4. The Bertz CT molecular complexity index is 1490. The van der Waals surface area contributed by atoms with Crippen molar-refractivity contribution in [1.82, 2.24) is 9.66 Å². The monoisotopic (exact) mass is 631 g/mol. The second kappa shape index (κ2) is 12.0. The number of nitrogens with zero attached hydrogens (tertiary/aromatic N) is 3.